The second kappa shape index (κ2) is 41.2. The zero-order valence-electron chi connectivity index (χ0n) is 43.7. The quantitative estimate of drug-likeness (QED) is 0.0413. The van der Waals surface area contributed by atoms with Crippen molar-refractivity contribution in [3.63, 3.8) is 0 Å². The second-order valence-corrected chi connectivity index (χ2v) is 19.3. The van der Waals surface area contributed by atoms with Crippen LogP contribution in [0.4, 0.5) is 0 Å². The number of benzene rings is 2. The first-order chi connectivity index (χ1) is 33.2. The fourth-order valence-electron chi connectivity index (χ4n) is 8.68. The summed E-state index contributed by atoms with van der Waals surface area (Å²) in [6.07, 6.45) is 53.9. The molecule has 0 saturated carbocycles. The standard InChI is InChI=1S/C31H50N2O.C30H48N2O/c1-3-5-7-9-11-12-13-14-16-18-20-28-21-23-29(24-22-28)31-32-26-30(27-33-31)34-25-19-17-15-10-8-6-4-2;1-3-5-7-9-11-12-13-15-17-19-27-20-22-28(23-21-27)30-31-25-29(26-32-30)33-24-18-16-14-10-8-6-4-2/h21-24,26-27H,3-20,25H2,1-2H3;20-23,25-26H,3-19,24H2,1-2H3. The van der Waals surface area contributed by atoms with Crippen LogP contribution in [0.15, 0.2) is 73.3 Å². The molecule has 2 aromatic heterocycles. The molecule has 0 spiro atoms. The molecule has 4 rings (SSSR count). The zero-order valence-corrected chi connectivity index (χ0v) is 43.7. The number of unbranched alkanes of at least 4 members (excludes halogenated alkanes) is 29. The minimum atomic E-state index is 0.754. The number of rotatable bonds is 41. The third-order valence-electron chi connectivity index (χ3n) is 13.1. The summed E-state index contributed by atoms with van der Waals surface area (Å²) in [7, 11) is 0. The van der Waals surface area contributed by atoms with E-state index in [9.17, 15) is 0 Å². The van der Waals surface area contributed by atoms with Crippen LogP contribution < -0.4 is 9.47 Å². The van der Waals surface area contributed by atoms with Gasteiger partial charge in [-0.3, -0.25) is 0 Å². The molecule has 2 heterocycles. The Hall–Kier alpha value is -3.80. The highest BCUT2D eigenvalue weighted by Crippen LogP contribution is 2.22. The SMILES string of the molecule is CCCCCCCCCCCCc1ccc(-c2ncc(OCCCCCCCCC)cn2)cc1.CCCCCCCCCCCc1ccc(-c2ncc(OCCCCCCCCC)cn2)cc1. The molecule has 0 bridgehead atoms. The number of aromatic nitrogens is 4. The van der Waals surface area contributed by atoms with Gasteiger partial charge >= 0.3 is 0 Å². The highest BCUT2D eigenvalue weighted by Gasteiger charge is 2.06. The minimum absolute atomic E-state index is 0.754. The van der Waals surface area contributed by atoms with Crippen LogP contribution in [0.5, 0.6) is 11.5 Å². The van der Waals surface area contributed by atoms with E-state index in [-0.39, 0.29) is 0 Å². The summed E-state index contributed by atoms with van der Waals surface area (Å²) in [5.41, 5.74) is 4.98. The van der Waals surface area contributed by atoms with Crippen LogP contribution >= 0.6 is 0 Å². The number of hydrogen-bond acceptors (Lipinski definition) is 6. The van der Waals surface area contributed by atoms with Gasteiger partial charge in [-0.25, -0.2) is 19.9 Å². The van der Waals surface area contributed by atoms with E-state index in [0.717, 1.165) is 60.3 Å². The normalized spacial score (nSPS) is 11.1. The Bertz CT molecular complexity index is 1660. The topological polar surface area (TPSA) is 70.0 Å². The number of hydrogen-bond donors (Lipinski definition) is 0. The molecule has 0 radical (unpaired) electrons. The van der Waals surface area contributed by atoms with Gasteiger partial charge in [-0.1, -0.05) is 262 Å². The lowest BCUT2D eigenvalue weighted by molar-refractivity contribution is 0.302. The predicted octanol–water partition coefficient (Wildman–Crippen LogP) is 19.1. The van der Waals surface area contributed by atoms with Crippen molar-refractivity contribution in [1.29, 1.82) is 0 Å². The van der Waals surface area contributed by atoms with Gasteiger partial charge in [0.1, 0.15) is 0 Å². The Morgan fingerprint density at radius 3 is 0.791 bits per heavy atom. The van der Waals surface area contributed by atoms with Crippen molar-refractivity contribution < 1.29 is 9.47 Å². The highest BCUT2D eigenvalue weighted by atomic mass is 16.5. The Kier molecular flexibility index (Phi) is 35.4. The van der Waals surface area contributed by atoms with Crippen LogP contribution in [-0.2, 0) is 12.8 Å². The van der Waals surface area contributed by atoms with Gasteiger partial charge in [-0.2, -0.15) is 0 Å². The van der Waals surface area contributed by atoms with E-state index in [4.69, 9.17) is 9.47 Å². The van der Waals surface area contributed by atoms with Crippen LogP contribution in [0.25, 0.3) is 22.8 Å². The van der Waals surface area contributed by atoms with Crippen molar-refractivity contribution in [3.8, 4) is 34.3 Å². The monoisotopic (exact) mass is 919 g/mol. The molecule has 0 aliphatic carbocycles. The average molecular weight is 919 g/mol. The summed E-state index contributed by atoms with van der Waals surface area (Å²) in [6, 6.07) is 17.5. The van der Waals surface area contributed by atoms with Gasteiger partial charge in [0.05, 0.1) is 38.0 Å². The van der Waals surface area contributed by atoms with Crippen molar-refractivity contribution in [2.75, 3.05) is 13.2 Å². The zero-order chi connectivity index (χ0) is 47.5. The molecule has 0 amide bonds. The summed E-state index contributed by atoms with van der Waals surface area (Å²) in [4.78, 5) is 18.1. The van der Waals surface area contributed by atoms with E-state index in [1.165, 1.54) is 223 Å². The molecule has 0 fully saturated rings. The maximum atomic E-state index is 5.82. The average Bonchev–Trinajstić information content (AvgIpc) is 3.36. The number of ether oxygens (including phenoxy) is 2. The lowest BCUT2D eigenvalue weighted by atomic mass is 10.0. The van der Waals surface area contributed by atoms with E-state index in [2.05, 4.69) is 96.2 Å². The molecule has 0 unspecified atom stereocenters. The molecule has 0 aliphatic heterocycles. The van der Waals surface area contributed by atoms with Crippen molar-refractivity contribution in [2.24, 2.45) is 0 Å². The van der Waals surface area contributed by atoms with E-state index < -0.39 is 0 Å². The second-order valence-electron chi connectivity index (χ2n) is 19.3. The number of nitrogens with zero attached hydrogens (tertiary/aromatic N) is 4. The summed E-state index contributed by atoms with van der Waals surface area (Å²) in [5, 5.41) is 0. The first kappa shape index (κ1) is 57.5. The smallest absolute Gasteiger partial charge is 0.159 e. The van der Waals surface area contributed by atoms with Crippen LogP contribution in [0.1, 0.15) is 251 Å². The molecule has 0 N–H and O–H groups in total. The third kappa shape index (κ3) is 29.6. The molecule has 2 aromatic carbocycles. The van der Waals surface area contributed by atoms with Crippen LogP contribution in [0, 0.1) is 0 Å². The van der Waals surface area contributed by atoms with E-state index in [0.29, 0.717) is 0 Å². The van der Waals surface area contributed by atoms with Gasteiger partial charge in [0.2, 0.25) is 0 Å². The summed E-state index contributed by atoms with van der Waals surface area (Å²) < 4.78 is 11.6. The van der Waals surface area contributed by atoms with Gasteiger partial charge in [0.15, 0.2) is 23.1 Å². The van der Waals surface area contributed by atoms with Gasteiger partial charge in [0.25, 0.3) is 0 Å². The van der Waals surface area contributed by atoms with Crippen molar-refractivity contribution in [2.45, 2.75) is 252 Å². The Labute approximate surface area is 412 Å². The van der Waals surface area contributed by atoms with Crippen LogP contribution in [0.3, 0.4) is 0 Å². The van der Waals surface area contributed by atoms with Crippen molar-refractivity contribution in [1.82, 2.24) is 19.9 Å². The third-order valence-corrected chi connectivity index (χ3v) is 13.1. The minimum Gasteiger partial charge on any atom is -0.490 e. The molecule has 6 nitrogen and oxygen atoms in total. The highest BCUT2D eigenvalue weighted by molar-refractivity contribution is 5.56. The molecule has 6 heteroatoms. The van der Waals surface area contributed by atoms with Gasteiger partial charge in [0, 0.05) is 11.1 Å². The molecule has 0 saturated heterocycles. The molecule has 0 aliphatic rings. The van der Waals surface area contributed by atoms with E-state index in [1.807, 2.05) is 0 Å². The van der Waals surface area contributed by atoms with E-state index >= 15 is 0 Å². The molecule has 0 atom stereocenters. The molecule has 374 valence electrons. The van der Waals surface area contributed by atoms with Crippen molar-refractivity contribution >= 4 is 0 Å². The first-order valence-corrected chi connectivity index (χ1v) is 28.2. The van der Waals surface area contributed by atoms with Gasteiger partial charge in [-0.15, -0.1) is 0 Å². The fraction of sp³-hybridized carbons (Fsp3) is 0.672. The lowest BCUT2D eigenvalue weighted by Crippen LogP contribution is -1.99. The molecular weight excluding hydrogens is 821 g/mol. The molecular formula is C61H98N4O2. The first-order valence-electron chi connectivity index (χ1n) is 28.2. The van der Waals surface area contributed by atoms with Crippen LogP contribution in [-0.4, -0.2) is 33.1 Å². The fourth-order valence-corrected chi connectivity index (χ4v) is 8.68. The Balaban J connectivity index is 0.000000355. The van der Waals surface area contributed by atoms with Crippen molar-refractivity contribution in [3.05, 3.63) is 84.4 Å². The van der Waals surface area contributed by atoms with E-state index in [1.54, 1.807) is 24.8 Å². The Morgan fingerprint density at radius 2 is 0.522 bits per heavy atom. The maximum absolute atomic E-state index is 5.82. The van der Waals surface area contributed by atoms with Crippen LogP contribution in [0.2, 0.25) is 0 Å². The number of aryl methyl sites for hydroxylation is 2. The lowest BCUT2D eigenvalue weighted by Gasteiger charge is -2.07. The Morgan fingerprint density at radius 1 is 0.284 bits per heavy atom. The molecule has 67 heavy (non-hydrogen) atoms. The predicted molar refractivity (Wildman–Crippen MR) is 288 cm³/mol. The van der Waals surface area contributed by atoms with Gasteiger partial charge in [-0.05, 0) is 49.7 Å². The summed E-state index contributed by atoms with van der Waals surface area (Å²) in [6.45, 7) is 10.6. The van der Waals surface area contributed by atoms with Gasteiger partial charge < -0.3 is 9.47 Å². The molecule has 4 aromatic rings. The summed E-state index contributed by atoms with van der Waals surface area (Å²) >= 11 is 0. The maximum Gasteiger partial charge on any atom is 0.159 e. The summed E-state index contributed by atoms with van der Waals surface area (Å²) in [5.74, 6) is 3.08. The largest absolute Gasteiger partial charge is 0.490 e.